The van der Waals surface area contributed by atoms with Crippen molar-refractivity contribution in [3.05, 3.63) is 35.9 Å². The minimum Gasteiger partial charge on any atom is -0.340 e. The van der Waals surface area contributed by atoms with E-state index >= 15 is 0 Å². The molecule has 1 heterocycles. The Morgan fingerprint density at radius 1 is 1.12 bits per heavy atom. The summed E-state index contributed by atoms with van der Waals surface area (Å²) >= 11 is 0. The Bertz CT molecular complexity index is 626. The molecule has 0 aromatic heterocycles. The second-order valence-electron chi connectivity index (χ2n) is 6.37. The minimum atomic E-state index is -3.32. The number of carbonyl (C=O) groups is 1. The predicted octanol–water partition coefficient (Wildman–Crippen LogP) is 1.09. The number of nitrogens with one attached hydrogen (secondary N) is 1. The molecule has 6 nitrogen and oxygen atoms in total. The molecule has 1 aliphatic rings. The molecule has 0 saturated carbocycles. The lowest BCUT2D eigenvalue weighted by Gasteiger charge is -2.34. The minimum absolute atomic E-state index is 0.0303. The second-order valence-corrected chi connectivity index (χ2v) is 8.29. The zero-order chi connectivity index (χ0) is 18.1. The molecule has 0 unspecified atom stereocenters. The first-order valence-corrected chi connectivity index (χ1v) is 10.7. The number of hydrogen-bond donors (Lipinski definition) is 1. The Balaban J connectivity index is 1.63. The van der Waals surface area contributed by atoms with E-state index in [0.717, 1.165) is 44.7 Å². The molecule has 0 radical (unpaired) electrons. The highest BCUT2D eigenvalue weighted by Gasteiger charge is 2.20. The molecule has 0 aliphatic carbocycles. The van der Waals surface area contributed by atoms with Gasteiger partial charge in [0.1, 0.15) is 0 Å². The van der Waals surface area contributed by atoms with E-state index in [4.69, 9.17) is 0 Å². The standard InChI is InChI=1S/C18H29N3O3S/c1-2-20-12-14-21(15-13-20)18(22)10-11-19-25(23,24)16-6-9-17-7-4-3-5-8-17/h3-5,7-8,19H,2,6,9-16H2,1H3. The SMILES string of the molecule is CCN1CCN(C(=O)CCNS(=O)(=O)CCCc2ccccc2)CC1. The van der Waals surface area contributed by atoms with Crippen LogP contribution in [0.5, 0.6) is 0 Å². The molecule has 1 fully saturated rings. The summed E-state index contributed by atoms with van der Waals surface area (Å²) in [6, 6.07) is 9.84. The molecule has 2 rings (SSSR count). The average molecular weight is 368 g/mol. The molecule has 140 valence electrons. The number of sulfonamides is 1. The number of aryl methyl sites for hydroxylation is 1. The molecule has 1 aromatic rings. The third-order valence-electron chi connectivity index (χ3n) is 4.55. The lowest BCUT2D eigenvalue weighted by atomic mass is 10.1. The van der Waals surface area contributed by atoms with Crippen LogP contribution in [0.25, 0.3) is 0 Å². The van der Waals surface area contributed by atoms with Crippen LogP contribution >= 0.6 is 0 Å². The van der Waals surface area contributed by atoms with Crippen LogP contribution in [0.3, 0.4) is 0 Å². The van der Waals surface area contributed by atoms with Gasteiger partial charge < -0.3 is 9.80 Å². The maximum Gasteiger partial charge on any atom is 0.223 e. The second kappa shape index (κ2) is 9.89. The molecule has 25 heavy (non-hydrogen) atoms. The molecule has 1 aliphatic heterocycles. The molecule has 1 aromatic carbocycles. The Morgan fingerprint density at radius 2 is 1.80 bits per heavy atom. The number of amides is 1. The Morgan fingerprint density at radius 3 is 2.44 bits per heavy atom. The van der Waals surface area contributed by atoms with E-state index in [2.05, 4.69) is 16.5 Å². The van der Waals surface area contributed by atoms with Gasteiger partial charge in [0.05, 0.1) is 5.75 Å². The molecular weight excluding hydrogens is 338 g/mol. The largest absolute Gasteiger partial charge is 0.340 e. The number of carbonyl (C=O) groups excluding carboxylic acids is 1. The van der Waals surface area contributed by atoms with Crippen molar-refractivity contribution in [1.29, 1.82) is 0 Å². The highest BCUT2D eigenvalue weighted by atomic mass is 32.2. The summed E-state index contributed by atoms with van der Waals surface area (Å²) in [7, 11) is -3.32. The Kier molecular flexibility index (Phi) is 7.87. The van der Waals surface area contributed by atoms with Gasteiger partial charge in [0.15, 0.2) is 0 Å². The molecule has 1 saturated heterocycles. The maximum atomic E-state index is 12.2. The van der Waals surface area contributed by atoms with E-state index in [1.807, 2.05) is 35.2 Å². The fraction of sp³-hybridized carbons (Fsp3) is 0.611. The Hall–Kier alpha value is -1.44. The molecule has 0 bridgehead atoms. The van der Waals surface area contributed by atoms with Crippen LogP contribution in [0.4, 0.5) is 0 Å². The zero-order valence-electron chi connectivity index (χ0n) is 15.0. The molecule has 0 atom stereocenters. The number of rotatable bonds is 9. The van der Waals surface area contributed by atoms with Gasteiger partial charge >= 0.3 is 0 Å². The lowest BCUT2D eigenvalue weighted by molar-refractivity contribution is -0.132. The van der Waals surface area contributed by atoms with Crippen LogP contribution in [-0.4, -0.2) is 69.1 Å². The van der Waals surface area contributed by atoms with E-state index in [1.165, 1.54) is 0 Å². The summed E-state index contributed by atoms with van der Waals surface area (Å²) in [6.45, 7) is 6.56. The summed E-state index contributed by atoms with van der Waals surface area (Å²) in [5.41, 5.74) is 1.14. The van der Waals surface area contributed by atoms with Crippen molar-refractivity contribution in [2.24, 2.45) is 0 Å². The van der Waals surface area contributed by atoms with E-state index < -0.39 is 10.0 Å². The average Bonchev–Trinajstić information content (AvgIpc) is 2.62. The summed E-state index contributed by atoms with van der Waals surface area (Å²) < 4.78 is 26.6. The summed E-state index contributed by atoms with van der Waals surface area (Å²) in [5, 5.41) is 0. The van der Waals surface area contributed by atoms with Gasteiger partial charge in [0.2, 0.25) is 15.9 Å². The lowest BCUT2D eigenvalue weighted by Crippen LogP contribution is -2.49. The highest BCUT2D eigenvalue weighted by molar-refractivity contribution is 7.89. The van der Waals surface area contributed by atoms with Crippen LogP contribution in [0.15, 0.2) is 30.3 Å². The van der Waals surface area contributed by atoms with Crippen molar-refractivity contribution in [2.75, 3.05) is 45.0 Å². The maximum absolute atomic E-state index is 12.2. The van der Waals surface area contributed by atoms with Gasteiger partial charge in [0, 0.05) is 39.1 Å². The van der Waals surface area contributed by atoms with Gasteiger partial charge in [-0.2, -0.15) is 0 Å². The van der Waals surface area contributed by atoms with Crippen molar-refractivity contribution in [1.82, 2.24) is 14.5 Å². The highest BCUT2D eigenvalue weighted by Crippen LogP contribution is 2.05. The number of nitrogens with zero attached hydrogens (tertiary/aromatic N) is 2. The quantitative estimate of drug-likeness (QED) is 0.709. The van der Waals surface area contributed by atoms with Gasteiger partial charge in [-0.25, -0.2) is 13.1 Å². The Labute approximate surface area is 151 Å². The van der Waals surface area contributed by atoms with Crippen LogP contribution in [0.1, 0.15) is 25.3 Å². The molecule has 1 N–H and O–H groups in total. The van der Waals surface area contributed by atoms with Gasteiger partial charge in [-0.15, -0.1) is 0 Å². The fourth-order valence-electron chi connectivity index (χ4n) is 2.97. The summed E-state index contributed by atoms with van der Waals surface area (Å²) in [6.07, 6.45) is 1.54. The van der Waals surface area contributed by atoms with Crippen molar-refractivity contribution in [3.8, 4) is 0 Å². The van der Waals surface area contributed by atoms with E-state index in [1.54, 1.807) is 0 Å². The van der Waals surface area contributed by atoms with Crippen LogP contribution in [-0.2, 0) is 21.2 Å². The first-order valence-electron chi connectivity index (χ1n) is 9.01. The summed E-state index contributed by atoms with van der Waals surface area (Å²) in [4.78, 5) is 16.3. The van der Waals surface area contributed by atoms with Crippen molar-refractivity contribution in [3.63, 3.8) is 0 Å². The third-order valence-corrected chi connectivity index (χ3v) is 6.02. The normalized spacial score (nSPS) is 16.1. The topological polar surface area (TPSA) is 69.7 Å². The van der Waals surface area contributed by atoms with E-state index in [0.29, 0.717) is 6.42 Å². The first kappa shape index (κ1) is 19.9. The predicted molar refractivity (Wildman–Crippen MR) is 99.9 cm³/mol. The molecule has 0 spiro atoms. The van der Waals surface area contributed by atoms with Gasteiger partial charge in [-0.05, 0) is 24.9 Å². The van der Waals surface area contributed by atoms with Crippen molar-refractivity contribution in [2.45, 2.75) is 26.2 Å². The van der Waals surface area contributed by atoms with Crippen molar-refractivity contribution >= 4 is 15.9 Å². The number of benzene rings is 1. The number of piperazine rings is 1. The third kappa shape index (κ3) is 7.13. The van der Waals surface area contributed by atoms with E-state index in [9.17, 15) is 13.2 Å². The fourth-order valence-corrected chi connectivity index (χ4v) is 4.05. The number of hydrogen-bond acceptors (Lipinski definition) is 4. The van der Waals surface area contributed by atoms with Gasteiger partial charge in [0.25, 0.3) is 0 Å². The van der Waals surface area contributed by atoms with Crippen LogP contribution in [0.2, 0.25) is 0 Å². The molecular formula is C18H29N3O3S. The monoisotopic (exact) mass is 367 g/mol. The molecule has 7 heteroatoms. The van der Waals surface area contributed by atoms with Crippen LogP contribution in [0, 0.1) is 0 Å². The summed E-state index contributed by atoms with van der Waals surface area (Å²) in [5.74, 6) is 0.119. The van der Waals surface area contributed by atoms with Crippen molar-refractivity contribution < 1.29 is 13.2 Å². The zero-order valence-corrected chi connectivity index (χ0v) is 15.8. The van der Waals surface area contributed by atoms with Gasteiger partial charge in [-0.3, -0.25) is 4.79 Å². The number of likely N-dealkylation sites (N-methyl/N-ethyl adjacent to an activating group) is 1. The first-order chi connectivity index (χ1) is 12.0. The van der Waals surface area contributed by atoms with Gasteiger partial charge in [-0.1, -0.05) is 37.3 Å². The van der Waals surface area contributed by atoms with E-state index in [-0.39, 0.29) is 24.6 Å². The smallest absolute Gasteiger partial charge is 0.223 e. The van der Waals surface area contributed by atoms with Crippen LogP contribution < -0.4 is 4.72 Å². The molecule has 1 amide bonds.